The summed E-state index contributed by atoms with van der Waals surface area (Å²) in [6, 6.07) is 7.33. The molecule has 0 bridgehead atoms. The summed E-state index contributed by atoms with van der Waals surface area (Å²) in [7, 11) is 0. The fourth-order valence-corrected chi connectivity index (χ4v) is 2.62. The van der Waals surface area contributed by atoms with E-state index in [0.717, 1.165) is 43.6 Å². The molecule has 2 N–H and O–H groups in total. The third-order valence-corrected chi connectivity index (χ3v) is 3.89. The predicted molar refractivity (Wildman–Crippen MR) is 88.9 cm³/mol. The maximum Gasteiger partial charge on any atom is 0.242 e. The van der Waals surface area contributed by atoms with E-state index in [1.807, 2.05) is 31.2 Å². The Hall–Kier alpha value is -2.50. The van der Waals surface area contributed by atoms with Gasteiger partial charge in [-0.3, -0.25) is 9.78 Å². The van der Waals surface area contributed by atoms with Gasteiger partial charge in [-0.2, -0.15) is 0 Å². The molecule has 1 atom stereocenters. The molecule has 23 heavy (non-hydrogen) atoms. The summed E-state index contributed by atoms with van der Waals surface area (Å²) in [6.07, 6.45) is 5.38. The van der Waals surface area contributed by atoms with E-state index in [0.29, 0.717) is 11.6 Å². The van der Waals surface area contributed by atoms with E-state index >= 15 is 0 Å². The lowest BCUT2D eigenvalue weighted by Crippen LogP contribution is -2.38. The highest BCUT2D eigenvalue weighted by Crippen LogP contribution is 2.18. The topological polar surface area (TPSA) is 79.8 Å². The number of nitrogens with zero attached hydrogens (tertiary/aromatic N) is 3. The standard InChI is InChI=1S/C17H21N5O/c1-2-12-11-15(21-14-8-4-6-10-19-17(14)23)22-16(20-12)13-7-3-5-9-18-13/h3,5,7,9,11,14H,2,4,6,8,10H2,1H3,(H,19,23)(H,20,21,22)/t14-/m1/s1. The molecule has 0 aliphatic carbocycles. The first-order valence-corrected chi connectivity index (χ1v) is 8.10. The van der Waals surface area contributed by atoms with Crippen LogP contribution in [0.2, 0.25) is 0 Å². The number of anilines is 1. The van der Waals surface area contributed by atoms with Gasteiger partial charge in [0.1, 0.15) is 17.6 Å². The van der Waals surface area contributed by atoms with E-state index in [1.54, 1.807) is 6.20 Å². The SMILES string of the molecule is CCc1cc(N[C@@H]2CCCCNC2=O)nc(-c2ccccn2)n1. The van der Waals surface area contributed by atoms with Crippen molar-refractivity contribution in [3.8, 4) is 11.5 Å². The summed E-state index contributed by atoms with van der Waals surface area (Å²) in [6.45, 7) is 2.80. The van der Waals surface area contributed by atoms with Crippen LogP contribution in [-0.4, -0.2) is 33.4 Å². The molecule has 6 nitrogen and oxygen atoms in total. The Morgan fingerprint density at radius 2 is 2.22 bits per heavy atom. The van der Waals surface area contributed by atoms with E-state index < -0.39 is 0 Å². The van der Waals surface area contributed by atoms with Gasteiger partial charge in [-0.25, -0.2) is 9.97 Å². The quantitative estimate of drug-likeness (QED) is 0.904. The molecule has 1 fully saturated rings. The highest BCUT2D eigenvalue weighted by molar-refractivity contribution is 5.84. The maximum atomic E-state index is 12.1. The molecule has 0 radical (unpaired) electrons. The molecule has 2 aromatic rings. The van der Waals surface area contributed by atoms with E-state index in [2.05, 4.69) is 25.6 Å². The van der Waals surface area contributed by atoms with Gasteiger partial charge in [0.05, 0.1) is 0 Å². The second kappa shape index (κ2) is 7.17. The summed E-state index contributed by atoms with van der Waals surface area (Å²) in [5, 5.41) is 6.20. The van der Waals surface area contributed by atoms with Crippen molar-refractivity contribution in [3.63, 3.8) is 0 Å². The molecule has 0 unspecified atom stereocenters. The molecule has 2 aromatic heterocycles. The molecule has 3 rings (SSSR count). The van der Waals surface area contributed by atoms with Gasteiger partial charge in [-0.15, -0.1) is 0 Å². The van der Waals surface area contributed by atoms with Crippen LogP contribution >= 0.6 is 0 Å². The molecular formula is C17H21N5O. The number of hydrogen-bond acceptors (Lipinski definition) is 5. The molecule has 0 aromatic carbocycles. The first-order chi connectivity index (χ1) is 11.3. The Balaban J connectivity index is 1.88. The molecule has 0 spiro atoms. The minimum atomic E-state index is -0.242. The van der Waals surface area contributed by atoms with Crippen LogP contribution < -0.4 is 10.6 Å². The number of amides is 1. The maximum absolute atomic E-state index is 12.1. The van der Waals surface area contributed by atoms with E-state index in [9.17, 15) is 4.79 Å². The van der Waals surface area contributed by atoms with Crippen LogP contribution in [0.3, 0.4) is 0 Å². The Bertz CT molecular complexity index is 674. The van der Waals surface area contributed by atoms with Gasteiger partial charge in [0.25, 0.3) is 0 Å². The Morgan fingerprint density at radius 1 is 1.30 bits per heavy atom. The summed E-state index contributed by atoms with van der Waals surface area (Å²) in [5.74, 6) is 1.31. The fourth-order valence-electron chi connectivity index (χ4n) is 2.62. The van der Waals surface area contributed by atoms with Crippen LogP contribution in [-0.2, 0) is 11.2 Å². The van der Waals surface area contributed by atoms with Gasteiger partial charge < -0.3 is 10.6 Å². The molecular weight excluding hydrogens is 290 g/mol. The van der Waals surface area contributed by atoms with E-state index in [1.165, 1.54) is 0 Å². The average molecular weight is 311 g/mol. The zero-order chi connectivity index (χ0) is 16.1. The highest BCUT2D eigenvalue weighted by atomic mass is 16.2. The molecule has 1 aliphatic rings. The molecule has 0 saturated carbocycles. The molecule has 120 valence electrons. The number of pyridine rings is 1. The zero-order valence-corrected chi connectivity index (χ0v) is 13.2. The molecule has 1 amide bonds. The van der Waals surface area contributed by atoms with Crippen LogP contribution in [0.25, 0.3) is 11.5 Å². The van der Waals surface area contributed by atoms with Gasteiger partial charge in [0.2, 0.25) is 5.91 Å². The number of hydrogen-bond donors (Lipinski definition) is 2. The molecule has 1 aliphatic heterocycles. The second-order valence-electron chi connectivity index (χ2n) is 5.62. The van der Waals surface area contributed by atoms with Gasteiger partial charge in [0.15, 0.2) is 5.82 Å². The van der Waals surface area contributed by atoms with Crippen LogP contribution in [0.15, 0.2) is 30.5 Å². The zero-order valence-electron chi connectivity index (χ0n) is 13.2. The van der Waals surface area contributed by atoms with Crippen molar-refractivity contribution in [1.29, 1.82) is 0 Å². The number of aryl methyl sites for hydroxylation is 1. The number of aromatic nitrogens is 3. The van der Waals surface area contributed by atoms with Gasteiger partial charge in [-0.05, 0) is 37.8 Å². The lowest BCUT2D eigenvalue weighted by molar-refractivity contribution is -0.121. The molecule has 1 saturated heterocycles. The van der Waals surface area contributed by atoms with Crippen LogP contribution in [0.4, 0.5) is 5.82 Å². The highest BCUT2D eigenvalue weighted by Gasteiger charge is 2.21. The summed E-state index contributed by atoms with van der Waals surface area (Å²) < 4.78 is 0. The van der Waals surface area contributed by atoms with Crippen molar-refractivity contribution in [2.45, 2.75) is 38.6 Å². The average Bonchev–Trinajstić information content (AvgIpc) is 2.80. The van der Waals surface area contributed by atoms with Crippen molar-refractivity contribution in [2.24, 2.45) is 0 Å². The monoisotopic (exact) mass is 311 g/mol. The minimum absolute atomic E-state index is 0.0403. The third-order valence-electron chi connectivity index (χ3n) is 3.89. The van der Waals surface area contributed by atoms with Crippen LogP contribution in [0.1, 0.15) is 31.9 Å². The Labute approximate surface area is 135 Å². The van der Waals surface area contributed by atoms with E-state index in [4.69, 9.17) is 0 Å². The third kappa shape index (κ3) is 3.83. The molecule has 6 heteroatoms. The van der Waals surface area contributed by atoms with Crippen LogP contribution in [0.5, 0.6) is 0 Å². The van der Waals surface area contributed by atoms with Crippen LogP contribution in [0, 0.1) is 0 Å². The fraction of sp³-hybridized carbons (Fsp3) is 0.412. The smallest absolute Gasteiger partial charge is 0.242 e. The van der Waals surface area contributed by atoms with Crippen molar-refractivity contribution in [2.75, 3.05) is 11.9 Å². The predicted octanol–water partition coefficient (Wildman–Crippen LogP) is 2.18. The number of carbonyl (C=O) groups excluding carboxylic acids is 1. The number of carbonyl (C=O) groups is 1. The van der Waals surface area contributed by atoms with Gasteiger partial charge in [-0.1, -0.05) is 13.0 Å². The second-order valence-corrected chi connectivity index (χ2v) is 5.62. The normalized spacial score (nSPS) is 18.1. The first kappa shape index (κ1) is 15.4. The molecule has 3 heterocycles. The van der Waals surface area contributed by atoms with Gasteiger partial charge in [0, 0.05) is 24.5 Å². The lowest BCUT2D eigenvalue weighted by atomic mass is 10.1. The van der Waals surface area contributed by atoms with Crippen molar-refractivity contribution in [3.05, 3.63) is 36.2 Å². The summed E-state index contributed by atoms with van der Waals surface area (Å²) in [4.78, 5) is 25.5. The largest absolute Gasteiger partial charge is 0.358 e. The Kier molecular flexibility index (Phi) is 4.80. The summed E-state index contributed by atoms with van der Waals surface area (Å²) >= 11 is 0. The van der Waals surface area contributed by atoms with Crippen molar-refractivity contribution in [1.82, 2.24) is 20.3 Å². The van der Waals surface area contributed by atoms with Crippen molar-refractivity contribution < 1.29 is 4.79 Å². The number of nitrogens with one attached hydrogen (secondary N) is 2. The Morgan fingerprint density at radius 3 is 3.00 bits per heavy atom. The first-order valence-electron chi connectivity index (χ1n) is 8.10. The van der Waals surface area contributed by atoms with E-state index in [-0.39, 0.29) is 11.9 Å². The summed E-state index contributed by atoms with van der Waals surface area (Å²) in [5.41, 5.74) is 1.66. The minimum Gasteiger partial charge on any atom is -0.358 e. The van der Waals surface area contributed by atoms with Gasteiger partial charge >= 0.3 is 0 Å². The van der Waals surface area contributed by atoms with Crippen molar-refractivity contribution >= 4 is 11.7 Å². The number of rotatable bonds is 4. The lowest BCUT2D eigenvalue weighted by Gasteiger charge is -2.16.